The van der Waals surface area contributed by atoms with Crippen molar-refractivity contribution in [3.63, 3.8) is 0 Å². The Balaban J connectivity index is 1.35. The summed E-state index contributed by atoms with van der Waals surface area (Å²) in [7, 11) is -3.94. The second-order valence-corrected chi connectivity index (χ2v) is 9.84. The molecule has 0 aliphatic rings. The van der Waals surface area contributed by atoms with Gasteiger partial charge in [0, 0.05) is 35.0 Å². The maximum atomic E-state index is 12.7. The van der Waals surface area contributed by atoms with E-state index in [0.29, 0.717) is 22.9 Å². The number of hydrogen-bond donors (Lipinski definition) is 3. The Morgan fingerprint density at radius 3 is 2.22 bits per heavy atom. The van der Waals surface area contributed by atoms with Crippen molar-refractivity contribution in [1.29, 1.82) is 0 Å². The summed E-state index contributed by atoms with van der Waals surface area (Å²) in [5, 5.41) is 2.60. The molecule has 37 heavy (non-hydrogen) atoms. The number of anilines is 2. The first kappa shape index (κ1) is 25.5. The molecular formula is C25H24N6O5S. The van der Waals surface area contributed by atoms with Crippen LogP contribution in [0.2, 0.25) is 0 Å². The number of imidazole rings is 1. The smallest absolute Gasteiger partial charge is 0.338 e. The molecule has 4 rings (SSSR count). The number of aryl methyl sites for hydroxylation is 2. The number of aromatic nitrogens is 4. The number of hydrogen-bond acceptors (Lipinski definition) is 8. The van der Waals surface area contributed by atoms with Crippen LogP contribution in [-0.4, -0.2) is 46.3 Å². The molecule has 2 heterocycles. The van der Waals surface area contributed by atoms with E-state index in [9.17, 15) is 18.0 Å². The molecule has 11 nitrogen and oxygen atoms in total. The minimum atomic E-state index is -3.94. The summed E-state index contributed by atoms with van der Waals surface area (Å²) in [4.78, 5) is 40.2. The Morgan fingerprint density at radius 1 is 0.973 bits per heavy atom. The van der Waals surface area contributed by atoms with E-state index in [4.69, 9.17) is 4.74 Å². The van der Waals surface area contributed by atoms with Gasteiger partial charge in [-0.3, -0.25) is 4.79 Å². The van der Waals surface area contributed by atoms with Gasteiger partial charge in [0.15, 0.2) is 6.10 Å². The van der Waals surface area contributed by atoms with Gasteiger partial charge in [0.25, 0.3) is 15.9 Å². The fourth-order valence-electron chi connectivity index (χ4n) is 3.38. The van der Waals surface area contributed by atoms with Gasteiger partial charge in [-0.25, -0.2) is 32.9 Å². The van der Waals surface area contributed by atoms with Crippen molar-refractivity contribution in [2.75, 3.05) is 10.0 Å². The van der Waals surface area contributed by atoms with Gasteiger partial charge in [-0.2, -0.15) is 0 Å². The lowest BCUT2D eigenvalue weighted by molar-refractivity contribution is -0.123. The van der Waals surface area contributed by atoms with E-state index in [1.165, 1.54) is 31.2 Å². The Hall–Kier alpha value is -4.58. The van der Waals surface area contributed by atoms with E-state index in [-0.39, 0.29) is 16.4 Å². The highest BCUT2D eigenvalue weighted by Gasteiger charge is 2.20. The zero-order valence-corrected chi connectivity index (χ0v) is 21.0. The first-order valence-corrected chi connectivity index (χ1v) is 12.7. The van der Waals surface area contributed by atoms with Crippen LogP contribution in [0.25, 0.3) is 11.4 Å². The first-order chi connectivity index (χ1) is 17.6. The molecule has 1 unspecified atom stereocenters. The Kier molecular flexibility index (Phi) is 7.30. The van der Waals surface area contributed by atoms with Crippen molar-refractivity contribution >= 4 is 33.5 Å². The third-order valence-electron chi connectivity index (χ3n) is 5.19. The maximum absolute atomic E-state index is 12.7. The minimum absolute atomic E-state index is 0.0267. The third-order valence-corrected chi connectivity index (χ3v) is 6.53. The predicted octanol–water partition coefficient (Wildman–Crippen LogP) is 3.47. The monoisotopic (exact) mass is 520 g/mol. The van der Waals surface area contributed by atoms with Crippen molar-refractivity contribution in [1.82, 2.24) is 19.9 Å². The lowest BCUT2D eigenvalue weighted by Crippen LogP contribution is -2.30. The van der Waals surface area contributed by atoms with E-state index in [1.54, 1.807) is 56.6 Å². The fourth-order valence-corrected chi connectivity index (χ4v) is 4.33. The standard InChI is InChI=1S/C25H24N6O5S/c1-15-14-16(2)29-25(28-15)31-37(34,35)21-10-8-20(9-11-21)30-23(32)17(3)36-24(33)19-6-4-18(5-7-19)22-26-12-13-27-22/h4-14,17H,1-3H3,(H,26,27)(H,30,32)(H,28,29,31). The zero-order valence-electron chi connectivity index (χ0n) is 20.2. The van der Waals surface area contributed by atoms with E-state index in [2.05, 4.69) is 30.0 Å². The molecule has 0 spiro atoms. The van der Waals surface area contributed by atoms with E-state index < -0.39 is 28.0 Å². The molecule has 2 aromatic heterocycles. The first-order valence-electron chi connectivity index (χ1n) is 11.2. The summed E-state index contributed by atoms with van der Waals surface area (Å²) in [6.07, 6.45) is 2.23. The van der Waals surface area contributed by atoms with Gasteiger partial charge in [-0.15, -0.1) is 0 Å². The van der Waals surface area contributed by atoms with Gasteiger partial charge in [-0.1, -0.05) is 12.1 Å². The molecule has 3 N–H and O–H groups in total. The lowest BCUT2D eigenvalue weighted by atomic mass is 10.1. The van der Waals surface area contributed by atoms with Gasteiger partial charge in [0.1, 0.15) is 5.82 Å². The molecular weight excluding hydrogens is 496 g/mol. The van der Waals surface area contributed by atoms with Crippen molar-refractivity contribution in [3.8, 4) is 11.4 Å². The molecule has 0 saturated carbocycles. The van der Waals surface area contributed by atoms with Crippen molar-refractivity contribution in [3.05, 3.63) is 83.9 Å². The predicted molar refractivity (Wildman–Crippen MR) is 136 cm³/mol. The van der Waals surface area contributed by atoms with Crippen LogP contribution in [0.5, 0.6) is 0 Å². The molecule has 190 valence electrons. The van der Waals surface area contributed by atoms with Crippen LogP contribution in [0, 0.1) is 13.8 Å². The molecule has 0 radical (unpaired) electrons. The lowest BCUT2D eigenvalue weighted by Gasteiger charge is -2.14. The highest BCUT2D eigenvalue weighted by atomic mass is 32.2. The molecule has 12 heteroatoms. The van der Waals surface area contributed by atoms with E-state index in [1.807, 2.05) is 0 Å². The molecule has 0 bridgehead atoms. The van der Waals surface area contributed by atoms with Crippen LogP contribution in [0.4, 0.5) is 11.6 Å². The van der Waals surface area contributed by atoms with E-state index >= 15 is 0 Å². The number of nitrogens with one attached hydrogen (secondary N) is 3. The molecule has 1 atom stereocenters. The van der Waals surface area contributed by atoms with Crippen LogP contribution >= 0.6 is 0 Å². The number of ether oxygens (including phenoxy) is 1. The van der Waals surface area contributed by atoms with Crippen LogP contribution in [0.1, 0.15) is 28.7 Å². The number of amides is 1. The van der Waals surface area contributed by atoms with Crippen molar-refractivity contribution < 1.29 is 22.7 Å². The highest BCUT2D eigenvalue weighted by Crippen LogP contribution is 2.19. The number of H-pyrrole nitrogens is 1. The molecule has 0 aliphatic carbocycles. The second-order valence-electron chi connectivity index (χ2n) is 8.16. The normalized spacial score (nSPS) is 12.0. The van der Waals surface area contributed by atoms with Gasteiger partial charge in [0.05, 0.1) is 10.5 Å². The molecule has 0 aliphatic heterocycles. The number of esters is 1. The van der Waals surface area contributed by atoms with Gasteiger partial charge in [-0.05, 0) is 63.2 Å². The number of carbonyl (C=O) groups is 2. The topological polar surface area (TPSA) is 156 Å². The number of rotatable bonds is 8. The second kappa shape index (κ2) is 10.6. The summed E-state index contributed by atoms with van der Waals surface area (Å²) < 4.78 is 33.0. The van der Waals surface area contributed by atoms with Crippen LogP contribution in [-0.2, 0) is 19.6 Å². The number of benzene rings is 2. The maximum Gasteiger partial charge on any atom is 0.338 e. The van der Waals surface area contributed by atoms with Gasteiger partial charge >= 0.3 is 5.97 Å². The molecule has 0 fully saturated rings. The van der Waals surface area contributed by atoms with Gasteiger partial charge < -0.3 is 15.0 Å². The summed E-state index contributed by atoms with van der Waals surface area (Å²) in [5.41, 5.74) is 2.67. The zero-order chi connectivity index (χ0) is 26.6. The minimum Gasteiger partial charge on any atom is -0.449 e. The van der Waals surface area contributed by atoms with Crippen LogP contribution < -0.4 is 10.0 Å². The van der Waals surface area contributed by atoms with E-state index in [0.717, 1.165) is 5.56 Å². The van der Waals surface area contributed by atoms with Gasteiger partial charge in [0.2, 0.25) is 5.95 Å². The third kappa shape index (κ3) is 6.35. The Morgan fingerprint density at radius 2 is 1.62 bits per heavy atom. The molecule has 4 aromatic rings. The van der Waals surface area contributed by atoms with Crippen LogP contribution in [0.3, 0.4) is 0 Å². The number of nitrogens with zero attached hydrogens (tertiary/aromatic N) is 3. The summed E-state index contributed by atoms with van der Waals surface area (Å²) in [6, 6.07) is 13.9. The fraction of sp³-hybridized carbons (Fsp3) is 0.160. The van der Waals surface area contributed by atoms with Crippen molar-refractivity contribution in [2.24, 2.45) is 0 Å². The summed E-state index contributed by atoms with van der Waals surface area (Å²) in [5.74, 6) is -0.588. The summed E-state index contributed by atoms with van der Waals surface area (Å²) >= 11 is 0. The molecule has 2 aromatic carbocycles. The largest absolute Gasteiger partial charge is 0.449 e. The Labute approximate surface area is 213 Å². The highest BCUT2D eigenvalue weighted by molar-refractivity contribution is 7.92. The number of carbonyl (C=O) groups excluding carboxylic acids is 2. The number of aromatic amines is 1. The molecule has 0 saturated heterocycles. The van der Waals surface area contributed by atoms with Crippen molar-refractivity contribution in [2.45, 2.75) is 31.8 Å². The average molecular weight is 521 g/mol. The summed E-state index contributed by atoms with van der Waals surface area (Å²) in [6.45, 7) is 4.91. The Bertz CT molecular complexity index is 1500. The SMILES string of the molecule is Cc1cc(C)nc(NS(=O)(=O)c2ccc(NC(=O)C(C)OC(=O)c3ccc(-c4ncc[nH]4)cc3)cc2)n1. The number of sulfonamides is 1. The molecule has 1 amide bonds. The average Bonchev–Trinajstić information content (AvgIpc) is 3.38. The van der Waals surface area contributed by atoms with Crippen LogP contribution in [0.15, 0.2) is 71.9 Å². The quantitative estimate of drug-likeness (QED) is 0.298.